The molecule has 0 saturated carbocycles. The molecule has 4 nitrogen and oxygen atoms in total. The molecular weight excluding hydrogens is 332 g/mol. The van der Waals surface area contributed by atoms with Crippen LogP contribution in [0.2, 0.25) is 0 Å². The first-order valence-electron chi connectivity index (χ1n) is 7.24. The maximum atomic E-state index is 13.5. The second-order valence-electron chi connectivity index (χ2n) is 5.06. The number of hydrogen-bond donors (Lipinski definition) is 1. The molecule has 0 radical (unpaired) electrons. The van der Waals surface area contributed by atoms with Gasteiger partial charge in [0.25, 0.3) is 0 Å². The second kappa shape index (κ2) is 7.27. The number of carbonyl (C=O) groups excluding carboxylic acids is 1. The first-order chi connectivity index (χ1) is 11.6. The minimum atomic E-state index is -0.525. The van der Waals surface area contributed by atoms with Crippen molar-refractivity contribution in [2.24, 2.45) is 0 Å². The number of hydrogen-bond acceptors (Lipinski definition) is 4. The quantitative estimate of drug-likeness (QED) is 0.759. The van der Waals surface area contributed by atoms with E-state index in [0.29, 0.717) is 10.1 Å². The molecular formula is C17H13F2N3OS. The van der Waals surface area contributed by atoms with Crippen molar-refractivity contribution in [3.63, 3.8) is 0 Å². The lowest BCUT2D eigenvalue weighted by atomic mass is 10.1. The molecule has 0 atom stereocenters. The Balaban J connectivity index is 1.59. The molecule has 3 rings (SSSR count). The summed E-state index contributed by atoms with van der Waals surface area (Å²) in [6.07, 6.45) is 0.139. The summed E-state index contributed by atoms with van der Waals surface area (Å²) in [5.74, 6) is -1.37. The molecule has 1 heterocycles. The van der Waals surface area contributed by atoms with Crippen molar-refractivity contribution in [2.45, 2.75) is 12.8 Å². The van der Waals surface area contributed by atoms with E-state index >= 15 is 0 Å². The van der Waals surface area contributed by atoms with Crippen LogP contribution >= 0.6 is 11.3 Å². The number of nitrogens with one attached hydrogen (secondary N) is 1. The number of nitrogens with zero attached hydrogens (tertiary/aromatic N) is 2. The summed E-state index contributed by atoms with van der Waals surface area (Å²) >= 11 is 1.25. The molecule has 0 aliphatic heterocycles. The van der Waals surface area contributed by atoms with E-state index in [0.717, 1.165) is 23.8 Å². The van der Waals surface area contributed by atoms with Crippen molar-refractivity contribution in [1.82, 2.24) is 10.2 Å². The van der Waals surface area contributed by atoms with Crippen LogP contribution in [0.25, 0.3) is 10.6 Å². The van der Waals surface area contributed by atoms with Gasteiger partial charge < -0.3 is 5.32 Å². The molecule has 0 unspecified atom stereocenters. The van der Waals surface area contributed by atoms with Crippen molar-refractivity contribution in [1.29, 1.82) is 0 Å². The average Bonchev–Trinajstić information content (AvgIpc) is 3.05. The first kappa shape index (κ1) is 16.2. The van der Waals surface area contributed by atoms with Gasteiger partial charge in [-0.3, -0.25) is 4.79 Å². The van der Waals surface area contributed by atoms with Gasteiger partial charge >= 0.3 is 0 Å². The molecule has 1 N–H and O–H groups in total. The molecule has 0 spiro atoms. The zero-order valence-corrected chi connectivity index (χ0v) is 13.3. The molecule has 3 aromatic rings. The summed E-state index contributed by atoms with van der Waals surface area (Å²) in [6, 6.07) is 12.7. The maximum absolute atomic E-state index is 13.5. The third-order valence-electron chi connectivity index (χ3n) is 3.32. The molecule has 0 saturated heterocycles. The molecule has 0 fully saturated rings. The lowest BCUT2D eigenvalue weighted by Gasteiger charge is -2.03. The summed E-state index contributed by atoms with van der Waals surface area (Å²) in [6.45, 7) is 0. The van der Waals surface area contributed by atoms with Crippen molar-refractivity contribution in [3.05, 3.63) is 65.7 Å². The Labute approximate surface area is 141 Å². The van der Waals surface area contributed by atoms with Gasteiger partial charge in [0.1, 0.15) is 16.6 Å². The summed E-state index contributed by atoms with van der Waals surface area (Å²) in [7, 11) is 0. The number of aromatic nitrogens is 2. The Morgan fingerprint density at radius 3 is 2.67 bits per heavy atom. The fourth-order valence-corrected chi connectivity index (χ4v) is 2.90. The van der Waals surface area contributed by atoms with E-state index in [4.69, 9.17) is 0 Å². The van der Waals surface area contributed by atoms with Gasteiger partial charge in [0.05, 0.1) is 0 Å². The predicted molar refractivity (Wildman–Crippen MR) is 88.7 cm³/mol. The smallest absolute Gasteiger partial charge is 0.226 e. The maximum Gasteiger partial charge on any atom is 0.226 e. The molecule has 0 aliphatic carbocycles. The number of aryl methyl sites for hydroxylation is 1. The van der Waals surface area contributed by atoms with Gasteiger partial charge in [0.15, 0.2) is 0 Å². The highest BCUT2D eigenvalue weighted by Crippen LogP contribution is 2.26. The van der Waals surface area contributed by atoms with Gasteiger partial charge in [-0.1, -0.05) is 41.7 Å². The Morgan fingerprint density at radius 2 is 1.88 bits per heavy atom. The topological polar surface area (TPSA) is 54.9 Å². The van der Waals surface area contributed by atoms with Gasteiger partial charge in [-0.05, 0) is 30.2 Å². The minimum Gasteiger partial charge on any atom is -0.301 e. The van der Waals surface area contributed by atoms with Gasteiger partial charge in [0, 0.05) is 12.0 Å². The van der Waals surface area contributed by atoms with Crippen LogP contribution in [0.1, 0.15) is 12.0 Å². The number of anilines is 1. The average molecular weight is 345 g/mol. The van der Waals surface area contributed by atoms with Crippen LogP contribution in [0.5, 0.6) is 0 Å². The number of amides is 1. The first-order valence-corrected chi connectivity index (χ1v) is 8.06. The molecule has 0 aliphatic rings. The highest BCUT2D eigenvalue weighted by molar-refractivity contribution is 7.18. The van der Waals surface area contributed by atoms with Gasteiger partial charge in [0.2, 0.25) is 11.0 Å². The second-order valence-corrected chi connectivity index (χ2v) is 6.04. The van der Waals surface area contributed by atoms with Gasteiger partial charge in [-0.2, -0.15) is 0 Å². The Kier molecular flexibility index (Phi) is 4.90. The van der Waals surface area contributed by atoms with Crippen molar-refractivity contribution in [2.75, 3.05) is 5.32 Å². The van der Waals surface area contributed by atoms with Crippen LogP contribution in [0.3, 0.4) is 0 Å². The molecule has 122 valence electrons. The van der Waals surface area contributed by atoms with Crippen LogP contribution in [-0.2, 0) is 11.2 Å². The molecule has 2 aromatic carbocycles. The van der Waals surface area contributed by atoms with Crippen LogP contribution in [0.4, 0.5) is 13.9 Å². The van der Waals surface area contributed by atoms with Crippen molar-refractivity contribution in [3.8, 4) is 10.6 Å². The molecule has 7 heteroatoms. The highest BCUT2D eigenvalue weighted by atomic mass is 32.1. The number of benzene rings is 2. The third kappa shape index (κ3) is 3.99. The number of rotatable bonds is 5. The summed E-state index contributed by atoms with van der Waals surface area (Å²) in [5.41, 5.74) is 1.09. The minimum absolute atomic E-state index is 0.0284. The van der Waals surface area contributed by atoms with E-state index in [1.54, 1.807) is 0 Å². The monoisotopic (exact) mass is 345 g/mol. The van der Waals surface area contributed by atoms with Gasteiger partial charge in [-0.25, -0.2) is 8.78 Å². The largest absolute Gasteiger partial charge is 0.301 e. The zero-order valence-electron chi connectivity index (χ0n) is 12.5. The van der Waals surface area contributed by atoms with E-state index in [-0.39, 0.29) is 24.3 Å². The fourth-order valence-electron chi connectivity index (χ4n) is 2.14. The summed E-state index contributed by atoms with van der Waals surface area (Å²) < 4.78 is 26.6. The highest BCUT2D eigenvalue weighted by Gasteiger charge is 2.11. The fraction of sp³-hybridized carbons (Fsp3) is 0.118. The Morgan fingerprint density at radius 1 is 1.08 bits per heavy atom. The SMILES string of the molecule is O=C(CCc1cc(F)ccc1F)Nc1nnc(-c2ccccc2)s1. The van der Waals surface area contributed by atoms with Crippen molar-refractivity contribution >= 4 is 22.4 Å². The normalized spacial score (nSPS) is 10.6. The Hall–Kier alpha value is -2.67. The van der Waals surface area contributed by atoms with Crippen LogP contribution in [0.15, 0.2) is 48.5 Å². The molecule has 24 heavy (non-hydrogen) atoms. The third-order valence-corrected chi connectivity index (χ3v) is 4.21. The van der Waals surface area contributed by atoms with Crippen LogP contribution in [-0.4, -0.2) is 16.1 Å². The molecule has 1 aromatic heterocycles. The lowest BCUT2D eigenvalue weighted by molar-refractivity contribution is -0.116. The van der Waals surface area contributed by atoms with E-state index in [1.807, 2.05) is 30.3 Å². The summed E-state index contributed by atoms with van der Waals surface area (Å²) in [4.78, 5) is 11.9. The number of halogens is 2. The predicted octanol–water partition coefficient (Wildman–Crippen LogP) is 4.05. The Bertz CT molecular complexity index is 852. The van der Waals surface area contributed by atoms with E-state index in [9.17, 15) is 13.6 Å². The van der Waals surface area contributed by atoms with E-state index < -0.39 is 11.6 Å². The standard InChI is InChI=1S/C17H13F2N3OS/c18-13-7-8-14(19)12(10-13)6-9-15(23)20-17-22-21-16(24-17)11-4-2-1-3-5-11/h1-5,7-8,10H,6,9H2,(H,20,22,23). The lowest BCUT2D eigenvalue weighted by Crippen LogP contribution is -2.12. The van der Waals surface area contributed by atoms with Gasteiger partial charge in [-0.15, -0.1) is 10.2 Å². The van der Waals surface area contributed by atoms with Crippen LogP contribution in [0, 0.1) is 11.6 Å². The van der Waals surface area contributed by atoms with E-state index in [2.05, 4.69) is 15.5 Å². The molecule has 1 amide bonds. The van der Waals surface area contributed by atoms with Crippen molar-refractivity contribution < 1.29 is 13.6 Å². The van der Waals surface area contributed by atoms with Crippen LogP contribution < -0.4 is 5.32 Å². The molecule has 0 bridgehead atoms. The summed E-state index contributed by atoms with van der Waals surface area (Å²) in [5, 5.41) is 11.6. The zero-order chi connectivity index (χ0) is 16.9. The number of carbonyl (C=O) groups is 1. The van der Waals surface area contributed by atoms with E-state index in [1.165, 1.54) is 11.3 Å².